The molecule has 1 saturated carbocycles. The summed E-state index contributed by atoms with van der Waals surface area (Å²) in [7, 11) is -2.52. The lowest BCUT2D eigenvalue weighted by molar-refractivity contribution is 0.336. The third kappa shape index (κ3) is 3.44. The first-order valence-corrected chi connectivity index (χ1v) is 11.5. The van der Waals surface area contributed by atoms with Crippen LogP contribution in [0, 0.1) is 11.8 Å². The first-order valence-electron chi connectivity index (χ1n) is 9.84. The molecule has 3 N–H and O–H groups in total. The molecule has 1 fully saturated rings. The minimum atomic E-state index is -3.19. The monoisotopic (exact) mass is 403 g/mol. The maximum absolute atomic E-state index is 11.9. The van der Waals surface area contributed by atoms with Gasteiger partial charge in [0.2, 0.25) is 10.0 Å². The van der Waals surface area contributed by atoms with Gasteiger partial charge < -0.3 is 14.9 Å². The molecule has 3 heterocycles. The van der Waals surface area contributed by atoms with Gasteiger partial charge in [-0.2, -0.15) is 5.10 Å². The molecule has 0 spiro atoms. The van der Waals surface area contributed by atoms with Gasteiger partial charge >= 0.3 is 7.05 Å². The van der Waals surface area contributed by atoms with Gasteiger partial charge in [-0.3, -0.25) is 0 Å². The molecule has 4 rings (SSSR count). The molecule has 0 atom stereocenters. The van der Waals surface area contributed by atoms with Crippen molar-refractivity contribution in [2.24, 2.45) is 16.9 Å². The fourth-order valence-corrected chi connectivity index (χ4v) is 5.55. The molecule has 0 radical (unpaired) electrons. The maximum atomic E-state index is 11.9. The van der Waals surface area contributed by atoms with Crippen molar-refractivity contribution in [1.29, 1.82) is 0 Å². The summed E-state index contributed by atoms with van der Waals surface area (Å²) < 4.78 is 26.2. The number of hydrogen-bond donors (Lipinski definition) is 3. The predicted octanol–water partition coefficient (Wildman–Crippen LogP) is 0.646. The van der Waals surface area contributed by atoms with E-state index in [4.69, 9.17) is 5.10 Å². The Hall–Kier alpha value is -1.91. The number of hydrogen-bond acceptors (Lipinski definition) is 6. The van der Waals surface area contributed by atoms with Crippen LogP contribution in [0.1, 0.15) is 38.2 Å². The normalized spacial score (nSPS) is 23.0. The van der Waals surface area contributed by atoms with Crippen LogP contribution >= 0.6 is 0 Å². The minimum Gasteiger partial charge on any atom is -0.428 e. The van der Waals surface area contributed by atoms with E-state index in [0.717, 1.165) is 53.5 Å². The molecule has 28 heavy (non-hydrogen) atoms. The van der Waals surface area contributed by atoms with Gasteiger partial charge in [0.05, 0.1) is 11.5 Å². The van der Waals surface area contributed by atoms with Crippen molar-refractivity contribution in [3.05, 3.63) is 24.0 Å². The van der Waals surface area contributed by atoms with Gasteiger partial charge in [-0.15, -0.1) is 0 Å². The third-order valence-corrected chi connectivity index (χ3v) is 7.52. The van der Waals surface area contributed by atoms with Crippen molar-refractivity contribution >= 4 is 39.3 Å². The molecular weight excluding hydrogens is 377 g/mol. The standard InChI is InChI=1S/C18H26BN5O3S/c1-3-24-19(25)15-10-22-18-14(8-9-21-18)16(15)17(23-24)13-6-4-12(5-7-13)11-28(26,27)20-2/h8-10,12-13,20,25H,3-7,11H2,1-2H3,(H,21,22). The van der Waals surface area contributed by atoms with Crippen molar-refractivity contribution in [2.75, 3.05) is 19.3 Å². The maximum Gasteiger partial charge on any atom is 0.468 e. The Labute approximate surface area is 165 Å². The number of aromatic nitrogens is 2. The van der Waals surface area contributed by atoms with Crippen LogP contribution in [-0.4, -0.2) is 60.4 Å². The third-order valence-electron chi connectivity index (χ3n) is 5.99. The second-order valence-electron chi connectivity index (χ2n) is 7.65. The zero-order valence-corrected chi connectivity index (χ0v) is 17.0. The molecule has 8 nitrogen and oxygen atoms in total. The quantitative estimate of drug-likeness (QED) is 0.635. The Morgan fingerprint density at radius 3 is 2.79 bits per heavy atom. The Morgan fingerprint density at radius 2 is 2.11 bits per heavy atom. The number of hydrazone groups is 1. The number of nitrogens with zero attached hydrogens (tertiary/aromatic N) is 3. The Morgan fingerprint density at radius 1 is 1.36 bits per heavy atom. The number of fused-ring (bicyclic) bond motifs is 3. The zero-order valence-electron chi connectivity index (χ0n) is 16.2. The summed E-state index contributed by atoms with van der Waals surface area (Å²) in [5, 5.41) is 16.5. The largest absolute Gasteiger partial charge is 0.468 e. The summed E-state index contributed by atoms with van der Waals surface area (Å²) in [5.41, 5.74) is 3.55. The highest BCUT2D eigenvalue weighted by Crippen LogP contribution is 2.34. The second-order valence-corrected chi connectivity index (χ2v) is 9.62. The fraction of sp³-hybridized carbons (Fsp3) is 0.556. The summed E-state index contributed by atoms with van der Waals surface area (Å²) in [6, 6.07) is 1.98. The predicted molar refractivity (Wildman–Crippen MR) is 111 cm³/mol. The van der Waals surface area contributed by atoms with Gasteiger partial charge in [-0.25, -0.2) is 18.1 Å². The Balaban J connectivity index is 1.64. The Bertz CT molecular complexity index is 998. The molecule has 10 heteroatoms. The van der Waals surface area contributed by atoms with Gasteiger partial charge in [0.1, 0.15) is 5.65 Å². The van der Waals surface area contributed by atoms with Crippen LogP contribution in [-0.2, 0) is 10.0 Å². The van der Waals surface area contributed by atoms with Crippen molar-refractivity contribution in [3.8, 4) is 0 Å². The Kier molecular flexibility index (Phi) is 5.20. The van der Waals surface area contributed by atoms with Crippen molar-refractivity contribution < 1.29 is 13.4 Å². The highest BCUT2D eigenvalue weighted by atomic mass is 32.2. The number of aromatic amines is 1. The van der Waals surface area contributed by atoms with Crippen LogP contribution in [0.5, 0.6) is 0 Å². The summed E-state index contributed by atoms with van der Waals surface area (Å²) in [4.78, 5) is 9.29. The zero-order chi connectivity index (χ0) is 19.9. The first-order chi connectivity index (χ1) is 13.4. The van der Waals surface area contributed by atoms with E-state index in [1.165, 1.54) is 7.05 Å². The number of rotatable bonds is 5. The van der Waals surface area contributed by atoms with Crippen molar-refractivity contribution in [2.45, 2.75) is 32.6 Å². The molecule has 1 aliphatic carbocycles. The van der Waals surface area contributed by atoms with E-state index in [0.29, 0.717) is 6.54 Å². The van der Waals surface area contributed by atoms with E-state index in [2.05, 4.69) is 14.7 Å². The lowest BCUT2D eigenvalue weighted by Gasteiger charge is -2.35. The molecule has 0 saturated heterocycles. The highest BCUT2D eigenvalue weighted by Gasteiger charge is 2.37. The van der Waals surface area contributed by atoms with Gasteiger partial charge in [-0.05, 0) is 51.6 Å². The van der Waals surface area contributed by atoms with Crippen LogP contribution in [0.15, 0.2) is 23.6 Å². The number of sulfonamides is 1. The van der Waals surface area contributed by atoms with Crippen LogP contribution in [0.25, 0.3) is 11.0 Å². The fourth-order valence-electron chi connectivity index (χ4n) is 4.43. The first kappa shape index (κ1) is 19.4. The van der Waals surface area contributed by atoms with E-state index in [-0.39, 0.29) is 17.6 Å². The number of pyridine rings is 1. The summed E-state index contributed by atoms with van der Waals surface area (Å²) in [5.74, 6) is 0.606. The average molecular weight is 403 g/mol. The average Bonchev–Trinajstić information content (AvgIpc) is 3.18. The summed E-state index contributed by atoms with van der Waals surface area (Å²) in [6.07, 6.45) is 7.09. The lowest BCUT2D eigenvalue weighted by atomic mass is 9.66. The minimum absolute atomic E-state index is 0.176. The summed E-state index contributed by atoms with van der Waals surface area (Å²) >= 11 is 0. The molecular formula is C18H26BN5O3S. The van der Waals surface area contributed by atoms with Gasteiger partial charge in [0.15, 0.2) is 0 Å². The smallest absolute Gasteiger partial charge is 0.428 e. The SMILES string of the molecule is CCN1N=C(C2CCC(CS(=O)(=O)NC)CC2)c2c(cnc3[nH]ccc23)B1O. The molecule has 1 aliphatic heterocycles. The van der Waals surface area contributed by atoms with Gasteiger partial charge in [0, 0.05) is 41.3 Å². The number of H-pyrrole nitrogens is 1. The van der Waals surface area contributed by atoms with Gasteiger partial charge in [0.25, 0.3) is 0 Å². The van der Waals surface area contributed by atoms with Crippen molar-refractivity contribution in [3.63, 3.8) is 0 Å². The van der Waals surface area contributed by atoms with E-state index in [9.17, 15) is 13.4 Å². The topological polar surface area (TPSA) is 111 Å². The summed E-state index contributed by atoms with van der Waals surface area (Å²) in [6.45, 7) is 2.57. The van der Waals surface area contributed by atoms with E-state index in [1.54, 1.807) is 11.1 Å². The molecule has 0 aromatic carbocycles. The highest BCUT2D eigenvalue weighted by molar-refractivity contribution is 7.89. The molecule has 2 aromatic rings. The molecule has 0 unspecified atom stereocenters. The molecule has 150 valence electrons. The van der Waals surface area contributed by atoms with Crippen molar-refractivity contribution in [1.82, 2.24) is 19.6 Å². The van der Waals surface area contributed by atoms with E-state index < -0.39 is 17.1 Å². The second kappa shape index (κ2) is 7.49. The number of nitrogens with one attached hydrogen (secondary N) is 2. The van der Waals surface area contributed by atoms with Crippen LogP contribution in [0.4, 0.5) is 0 Å². The van der Waals surface area contributed by atoms with E-state index in [1.807, 2.05) is 19.2 Å². The van der Waals surface area contributed by atoms with Crippen LogP contribution in [0.2, 0.25) is 0 Å². The van der Waals surface area contributed by atoms with Crippen LogP contribution < -0.4 is 10.2 Å². The van der Waals surface area contributed by atoms with Gasteiger partial charge in [-0.1, -0.05) is 0 Å². The van der Waals surface area contributed by atoms with Crippen LogP contribution in [0.3, 0.4) is 0 Å². The molecule has 0 amide bonds. The van der Waals surface area contributed by atoms with E-state index >= 15 is 0 Å². The molecule has 2 aromatic heterocycles. The lowest BCUT2D eigenvalue weighted by Crippen LogP contribution is -2.52. The molecule has 2 aliphatic rings. The molecule has 0 bridgehead atoms.